The highest BCUT2D eigenvalue weighted by molar-refractivity contribution is 9.10. The predicted molar refractivity (Wildman–Crippen MR) is 72.1 cm³/mol. The zero-order valence-corrected chi connectivity index (χ0v) is 11.4. The van der Waals surface area contributed by atoms with Gasteiger partial charge in [0.25, 0.3) is 0 Å². The van der Waals surface area contributed by atoms with Gasteiger partial charge in [-0.1, -0.05) is 12.8 Å². The molecule has 1 aromatic carbocycles. The van der Waals surface area contributed by atoms with Gasteiger partial charge >= 0.3 is 0 Å². The van der Waals surface area contributed by atoms with Crippen molar-refractivity contribution < 1.29 is 9.18 Å². The monoisotopic (exact) mass is 312 g/mol. The van der Waals surface area contributed by atoms with Gasteiger partial charge in [-0.2, -0.15) is 0 Å². The first kappa shape index (κ1) is 12.0. The van der Waals surface area contributed by atoms with Crippen LogP contribution in [0.4, 0.5) is 15.8 Å². The Balaban J connectivity index is 1.98. The van der Waals surface area contributed by atoms with E-state index in [1.165, 1.54) is 6.07 Å². The predicted octanol–water partition coefficient (Wildman–Crippen LogP) is 3.51. The molecule has 0 radical (unpaired) electrons. The quantitative estimate of drug-likeness (QED) is 0.769. The molecule has 1 saturated carbocycles. The van der Waals surface area contributed by atoms with Gasteiger partial charge in [0, 0.05) is 12.6 Å². The summed E-state index contributed by atoms with van der Waals surface area (Å²) in [4.78, 5) is 12.3. The maximum atomic E-state index is 13.5. The molecule has 3 nitrogen and oxygen atoms in total. The number of anilines is 2. The Morgan fingerprint density at radius 3 is 2.67 bits per heavy atom. The molecule has 2 N–H and O–H groups in total. The molecule has 0 unspecified atom stereocenters. The van der Waals surface area contributed by atoms with E-state index in [2.05, 4.69) is 26.6 Å². The minimum Gasteiger partial charge on any atom is -0.382 e. The van der Waals surface area contributed by atoms with E-state index < -0.39 is 0 Å². The molecule has 5 heteroatoms. The normalized spacial score (nSPS) is 21.1. The second-order valence-corrected chi connectivity index (χ2v) is 5.96. The van der Waals surface area contributed by atoms with Crippen molar-refractivity contribution >= 4 is 33.2 Å². The molecular weight excluding hydrogens is 299 g/mol. The SMILES string of the molecule is O=C1Nc2cc(Br)c(F)cc2NCC12CCCC2. The third-order valence-electron chi connectivity index (χ3n) is 3.97. The highest BCUT2D eigenvalue weighted by Gasteiger charge is 2.42. The van der Waals surface area contributed by atoms with Crippen molar-refractivity contribution in [3.63, 3.8) is 0 Å². The average Bonchev–Trinajstić information content (AvgIpc) is 2.77. The van der Waals surface area contributed by atoms with E-state index in [4.69, 9.17) is 0 Å². The maximum absolute atomic E-state index is 13.5. The molecule has 1 heterocycles. The molecule has 2 aliphatic rings. The van der Waals surface area contributed by atoms with Crippen molar-refractivity contribution in [1.29, 1.82) is 0 Å². The van der Waals surface area contributed by atoms with E-state index in [1.807, 2.05) is 0 Å². The summed E-state index contributed by atoms with van der Waals surface area (Å²) < 4.78 is 13.9. The summed E-state index contributed by atoms with van der Waals surface area (Å²) in [5, 5.41) is 6.14. The van der Waals surface area contributed by atoms with Crippen LogP contribution in [0, 0.1) is 11.2 Å². The number of benzene rings is 1. The van der Waals surface area contributed by atoms with Crippen LogP contribution in [0.15, 0.2) is 16.6 Å². The largest absolute Gasteiger partial charge is 0.382 e. The molecule has 18 heavy (non-hydrogen) atoms. The number of hydrogen-bond donors (Lipinski definition) is 2. The van der Waals surface area contributed by atoms with Crippen LogP contribution >= 0.6 is 15.9 Å². The molecule has 1 aliphatic heterocycles. The van der Waals surface area contributed by atoms with E-state index >= 15 is 0 Å². The van der Waals surface area contributed by atoms with Crippen molar-refractivity contribution in [2.75, 3.05) is 17.2 Å². The lowest BCUT2D eigenvalue weighted by Gasteiger charge is -2.24. The topological polar surface area (TPSA) is 41.1 Å². The lowest BCUT2D eigenvalue weighted by molar-refractivity contribution is -0.124. The van der Waals surface area contributed by atoms with Gasteiger partial charge in [-0.3, -0.25) is 4.79 Å². The molecule has 0 bridgehead atoms. The Kier molecular flexibility index (Phi) is 2.81. The Labute approximate surface area is 113 Å². The number of carbonyl (C=O) groups excluding carboxylic acids is 1. The van der Waals surface area contributed by atoms with Crippen molar-refractivity contribution in [2.24, 2.45) is 5.41 Å². The number of nitrogens with one attached hydrogen (secondary N) is 2. The van der Waals surface area contributed by atoms with E-state index in [1.54, 1.807) is 6.07 Å². The lowest BCUT2D eigenvalue weighted by Crippen LogP contribution is -2.37. The second-order valence-electron chi connectivity index (χ2n) is 5.11. The average molecular weight is 313 g/mol. The highest BCUT2D eigenvalue weighted by atomic mass is 79.9. The van der Waals surface area contributed by atoms with Gasteiger partial charge in [0.1, 0.15) is 5.82 Å². The third-order valence-corrected chi connectivity index (χ3v) is 4.58. The highest BCUT2D eigenvalue weighted by Crippen LogP contribution is 2.42. The third kappa shape index (κ3) is 1.81. The minimum absolute atomic E-state index is 0.0600. The minimum atomic E-state index is -0.321. The van der Waals surface area contributed by atoms with Crippen LogP contribution in [-0.2, 0) is 4.79 Å². The van der Waals surface area contributed by atoms with Gasteiger partial charge < -0.3 is 10.6 Å². The number of carbonyl (C=O) groups is 1. The Hall–Kier alpha value is -1.10. The smallest absolute Gasteiger partial charge is 0.232 e. The van der Waals surface area contributed by atoms with Crippen molar-refractivity contribution in [3.05, 3.63) is 22.4 Å². The number of halogens is 2. The van der Waals surface area contributed by atoms with Crippen LogP contribution in [0.1, 0.15) is 25.7 Å². The molecule has 1 aliphatic carbocycles. The summed E-state index contributed by atoms with van der Waals surface area (Å²) in [6.07, 6.45) is 3.99. The van der Waals surface area contributed by atoms with Gasteiger partial charge in [-0.05, 0) is 34.8 Å². The summed E-state index contributed by atoms with van der Waals surface area (Å²) in [6, 6.07) is 3.04. The first-order valence-electron chi connectivity index (χ1n) is 6.15. The molecular formula is C13H14BrFN2O. The van der Waals surface area contributed by atoms with Crippen LogP contribution in [0.25, 0.3) is 0 Å². The molecule has 0 saturated heterocycles. The summed E-state index contributed by atoms with van der Waals surface area (Å²) in [5.41, 5.74) is 0.993. The van der Waals surface area contributed by atoms with Crippen LogP contribution in [0.2, 0.25) is 0 Å². The van der Waals surface area contributed by atoms with Gasteiger partial charge in [0.05, 0.1) is 21.3 Å². The van der Waals surface area contributed by atoms with Crippen molar-refractivity contribution in [3.8, 4) is 0 Å². The van der Waals surface area contributed by atoms with E-state index in [0.717, 1.165) is 25.7 Å². The second kappa shape index (κ2) is 4.23. The van der Waals surface area contributed by atoms with Gasteiger partial charge in [0.15, 0.2) is 0 Å². The summed E-state index contributed by atoms with van der Waals surface area (Å²) >= 11 is 3.14. The molecule has 0 atom stereocenters. The first-order valence-corrected chi connectivity index (χ1v) is 6.94. The zero-order valence-electron chi connectivity index (χ0n) is 9.85. The lowest BCUT2D eigenvalue weighted by atomic mass is 9.85. The fraction of sp³-hybridized carbons (Fsp3) is 0.462. The number of rotatable bonds is 0. The van der Waals surface area contributed by atoms with Crippen LogP contribution in [0.3, 0.4) is 0 Å². The molecule has 1 amide bonds. The zero-order chi connectivity index (χ0) is 12.8. The summed E-state index contributed by atoms with van der Waals surface area (Å²) in [7, 11) is 0. The number of hydrogen-bond acceptors (Lipinski definition) is 2. The van der Waals surface area contributed by atoms with Crippen molar-refractivity contribution in [2.45, 2.75) is 25.7 Å². The van der Waals surface area contributed by atoms with Gasteiger partial charge in [-0.15, -0.1) is 0 Å². The number of fused-ring (bicyclic) bond motifs is 1. The summed E-state index contributed by atoms with van der Waals surface area (Å²) in [6.45, 7) is 0.590. The van der Waals surface area contributed by atoms with Gasteiger partial charge in [0.2, 0.25) is 5.91 Å². The van der Waals surface area contributed by atoms with E-state index in [0.29, 0.717) is 22.4 Å². The Morgan fingerprint density at radius 1 is 1.22 bits per heavy atom. The molecule has 1 spiro atoms. The fourth-order valence-electron chi connectivity index (χ4n) is 2.85. The van der Waals surface area contributed by atoms with Crippen LogP contribution in [0.5, 0.6) is 0 Å². The maximum Gasteiger partial charge on any atom is 0.232 e. The molecule has 0 aromatic heterocycles. The van der Waals surface area contributed by atoms with Crippen LogP contribution < -0.4 is 10.6 Å². The first-order chi connectivity index (χ1) is 8.61. The van der Waals surface area contributed by atoms with E-state index in [-0.39, 0.29) is 17.1 Å². The standard InChI is InChI=1S/C13H14BrFN2O/c14-8-5-11-10(6-9(8)15)16-7-13(12(18)17-11)3-1-2-4-13/h5-6,16H,1-4,7H2,(H,17,18). The van der Waals surface area contributed by atoms with Crippen molar-refractivity contribution in [1.82, 2.24) is 0 Å². The van der Waals surface area contributed by atoms with Crippen LogP contribution in [-0.4, -0.2) is 12.5 Å². The molecule has 3 rings (SSSR count). The van der Waals surface area contributed by atoms with Gasteiger partial charge in [-0.25, -0.2) is 4.39 Å². The molecule has 96 valence electrons. The molecule has 1 fully saturated rings. The Morgan fingerprint density at radius 2 is 1.94 bits per heavy atom. The number of amides is 1. The fourth-order valence-corrected chi connectivity index (χ4v) is 3.20. The van der Waals surface area contributed by atoms with E-state index in [9.17, 15) is 9.18 Å². The summed E-state index contributed by atoms with van der Waals surface area (Å²) in [5.74, 6) is -0.261. The Bertz CT molecular complexity index is 512. The molecule has 1 aromatic rings.